The number of carbonyl (C=O) groups is 1. The van der Waals surface area contributed by atoms with E-state index in [4.69, 9.17) is 14.2 Å². The molecule has 252 valence electrons. The van der Waals surface area contributed by atoms with Gasteiger partial charge >= 0.3 is 0 Å². The fourth-order valence-corrected chi connectivity index (χ4v) is 7.52. The molecule has 0 saturated heterocycles. The van der Waals surface area contributed by atoms with Gasteiger partial charge in [-0.05, 0) is 86.1 Å². The van der Waals surface area contributed by atoms with Gasteiger partial charge in [-0.25, -0.2) is 8.42 Å². The minimum atomic E-state index is -4.07. The smallest absolute Gasteiger partial charge is 0.262 e. The molecule has 1 N–H and O–H groups in total. The van der Waals surface area contributed by atoms with Crippen LogP contribution in [0.25, 0.3) is 0 Å². The highest BCUT2D eigenvalue weighted by molar-refractivity contribution is 9.10. The highest BCUT2D eigenvalue weighted by atomic mass is 79.9. The Morgan fingerprint density at radius 3 is 2.16 bits per heavy atom. The van der Waals surface area contributed by atoms with Crippen molar-refractivity contribution in [3.8, 4) is 17.2 Å². The first-order valence-electron chi connectivity index (χ1n) is 15.7. The molecule has 11 heteroatoms. The molecule has 0 radical (unpaired) electrons. The number of ether oxygens (including phenoxy) is 3. The molecular formula is C38H36BrN3O6S. The van der Waals surface area contributed by atoms with Crippen molar-refractivity contribution >= 4 is 48.9 Å². The lowest BCUT2D eigenvalue weighted by Crippen LogP contribution is -2.49. The Morgan fingerprint density at radius 1 is 0.837 bits per heavy atom. The normalized spacial score (nSPS) is 14.3. The number of aryl methyl sites for hydroxylation is 1. The fourth-order valence-electron chi connectivity index (χ4n) is 5.91. The van der Waals surface area contributed by atoms with Gasteiger partial charge in [0.1, 0.15) is 11.9 Å². The minimum absolute atomic E-state index is 0.0391. The zero-order valence-electron chi connectivity index (χ0n) is 27.5. The summed E-state index contributed by atoms with van der Waals surface area (Å²) in [5.74, 6) is 1.32. The monoisotopic (exact) mass is 741 g/mol. The van der Waals surface area contributed by atoms with Crippen LogP contribution in [0.1, 0.15) is 40.1 Å². The summed E-state index contributed by atoms with van der Waals surface area (Å²) in [7, 11) is -0.927. The van der Waals surface area contributed by atoms with E-state index in [1.807, 2.05) is 80.6 Å². The summed E-state index contributed by atoms with van der Waals surface area (Å²) in [5.41, 5.74) is 4.64. The average molecular weight is 743 g/mol. The van der Waals surface area contributed by atoms with Gasteiger partial charge in [0.15, 0.2) is 11.5 Å². The standard InChI is InChI=1S/C38H36BrN3O6S/c1-5-48-29-17-13-27(14-18-29)40-49(44,45)30-19-20-34-32(21-30)38(43)42(28-15-11-25(2)12-16-28)37(41(34)24-26-9-7-6-8-10-26)31-22-35(46-3)36(47-4)23-33(31)39/h6-23,37,40H,5,24H2,1-4H3/t37-/m1/s1. The number of methoxy groups -OCH3 is 2. The molecule has 0 aliphatic carbocycles. The first kappa shape index (κ1) is 33.9. The van der Waals surface area contributed by atoms with E-state index < -0.39 is 16.2 Å². The summed E-state index contributed by atoms with van der Waals surface area (Å²) in [6.07, 6.45) is -0.665. The first-order valence-corrected chi connectivity index (χ1v) is 17.9. The lowest BCUT2D eigenvalue weighted by molar-refractivity contribution is 0.0967. The molecule has 5 aromatic rings. The van der Waals surface area contributed by atoms with Gasteiger partial charge < -0.3 is 19.1 Å². The van der Waals surface area contributed by atoms with E-state index in [0.29, 0.717) is 51.9 Å². The van der Waals surface area contributed by atoms with E-state index in [-0.39, 0.29) is 16.4 Å². The Hall–Kier alpha value is -5.00. The number of carbonyl (C=O) groups excluding carboxylic acids is 1. The number of halogens is 1. The van der Waals surface area contributed by atoms with Crippen molar-refractivity contribution in [3.05, 3.63) is 136 Å². The van der Waals surface area contributed by atoms with Crippen LogP contribution in [0.2, 0.25) is 0 Å². The second-order valence-corrected chi connectivity index (χ2v) is 14.0. The predicted octanol–water partition coefficient (Wildman–Crippen LogP) is 8.34. The van der Waals surface area contributed by atoms with E-state index in [0.717, 1.165) is 16.7 Å². The SMILES string of the molecule is CCOc1ccc(NS(=O)(=O)c2ccc3c(c2)C(=O)N(c2ccc(C)cc2)[C@H](c2cc(OC)c(OC)cc2Br)N3Cc2ccccc2)cc1. The highest BCUT2D eigenvalue weighted by Crippen LogP contribution is 2.47. The van der Waals surface area contributed by atoms with Crippen molar-refractivity contribution in [3.63, 3.8) is 0 Å². The van der Waals surface area contributed by atoms with Crippen molar-refractivity contribution in [2.75, 3.05) is 35.3 Å². The zero-order valence-corrected chi connectivity index (χ0v) is 29.9. The van der Waals surface area contributed by atoms with Gasteiger partial charge in [-0.2, -0.15) is 0 Å². The molecule has 1 aliphatic heterocycles. The maximum atomic E-state index is 14.8. The van der Waals surface area contributed by atoms with Gasteiger partial charge in [0.2, 0.25) is 0 Å². The number of anilines is 3. The molecule has 0 spiro atoms. The number of rotatable bonds is 11. The van der Waals surface area contributed by atoms with Crippen LogP contribution in [-0.4, -0.2) is 35.2 Å². The first-order chi connectivity index (χ1) is 23.6. The number of sulfonamides is 1. The Labute approximate surface area is 295 Å². The van der Waals surface area contributed by atoms with Crippen molar-refractivity contribution < 1.29 is 27.4 Å². The summed E-state index contributed by atoms with van der Waals surface area (Å²) in [4.78, 5) is 18.6. The largest absolute Gasteiger partial charge is 0.494 e. The molecule has 9 nitrogen and oxygen atoms in total. The van der Waals surface area contributed by atoms with Crippen molar-refractivity contribution in [2.45, 2.75) is 31.5 Å². The molecule has 0 bridgehead atoms. The fraction of sp³-hybridized carbons (Fsp3) is 0.184. The lowest BCUT2D eigenvalue weighted by atomic mass is 9.98. The van der Waals surface area contributed by atoms with Crippen LogP contribution in [0.4, 0.5) is 17.1 Å². The van der Waals surface area contributed by atoms with Gasteiger partial charge in [-0.3, -0.25) is 14.4 Å². The molecule has 5 aromatic carbocycles. The number of benzene rings is 5. The number of hydrogen-bond donors (Lipinski definition) is 1. The number of amides is 1. The zero-order chi connectivity index (χ0) is 34.7. The van der Waals surface area contributed by atoms with E-state index in [2.05, 4.69) is 25.6 Å². The Bertz CT molecular complexity index is 2070. The summed E-state index contributed by atoms with van der Waals surface area (Å²) in [5, 5.41) is 0. The molecule has 1 atom stereocenters. The van der Waals surface area contributed by atoms with Crippen molar-refractivity contribution in [1.82, 2.24) is 0 Å². The summed E-state index contributed by atoms with van der Waals surface area (Å²) >= 11 is 3.76. The number of fused-ring (bicyclic) bond motifs is 1. The van der Waals surface area contributed by atoms with Gasteiger partial charge in [0.25, 0.3) is 15.9 Å². The molecular weight excluding hydrogens is 706 g/mol. The van der Waals surface area contributed by atoms with Gasteiger partial charge in [0, 0.05) is 28.0 Å². The quantitative estimate of drug-likeness (QED) is 0.145. The third-order valence-electron chi connectivity index (χ3n) is 8.28. The molecule has 1 heterocycles. The Morgan fingerprint density at radius 2 is 1.51 bits per heavy atom. The third-order valence-corrected chi connectivity index (χ3v) is 10.3. The molecule has 1 amide bonds. The van der Waals surface area contributed by atoms with Crippen LogP contribution in [-0.2, 0) is 16.6 Å². The molecule has 49 heavy (non-hydrogen) atoms. The molecule has 1 aliphatic rings. The predicted molar refractivity (Wildman–Crippen MR) is 195 cm³/mol. The Kier molecular flexibility index (Phi) is 9.84. The molecule has 0 saturated carbocycles. The van der Waals surface area contributed by atoms with Gasteiger partial charge in [0.05, 0.1) is 37.0 Å². The van der Waals surface area contributed by atoms with Crippen LogP contribution in [0.3, 0.4) is 0 Å². The van der Waals surface area contributed by atoms with Crippen LogP contribution in [0.5, 0.6) is 17.2 Å². The summed E-state index contributed by atoms with van der Waals surface area (Å²) in [6.45, 7) is 4.77. The maximum absolute atomic E-state index is 14.8. The van der Waals surface area contributed by atoms with E-state index in [1.165, 1.54) is 12.1 Å². The summed E-state index contributed by atoms with van der Waals surface area (Å²) < 4.78 is 47.5. The number of nitrogens with one attached hydrogen (secondary N) is 1. The number of nitrogens with zero attached hydrogens (tertiary/aromatic N) is 2. The second kappa shape index (κ2) is 14.2. The molecule has 0 aromatic heterocycles. The second-order valence-electron chi connectivity index (χ2n) is 11.5. The van der Waals surface area contributed by atoms with Crippen molar-refractivity contribution in [2.24, 2.45) is 0 Å². The minimum Gasteiger partial charge on any atom is -0.494 e. The highest BCUT2D eigenvalue weighted by Gasteiger charge is 2.41. The van der Waals surface area contributed by atoms with Gasteiger partial charge in [-0.15, -0.1) is 0 Å². The van der Waals surface area contributed by atoms with E-state index in [9.17, 15) is 13.2 Å². The lowest BCUT2D eigenvalue weighted by Gasteiger charge is -2.46. The molecule has 0 fully saturated rings. The third kappa shape index (κ3) is 6.95. The van der Waals surface area contributed by atoms with E-state index in [1.54, 1.807) is 49.5 Å². The topological polar surface area (TPSA) is 97.4 Å². The number of hydrogen-bond acceptors (Lipinski definition) is 7. The van der Waals surface area contributed by atoms with Crippen molar-refractivity contribution in [1.29, 1.82) is 0 Å². The maximum Gasteiger partial charge on any atom is 0.262 e. The van der Waals surface area contributed by atoms with Crippen LogP contribution in [0, 0.1) is 6.92 Å². The Balaban J connectivity index is 1.52. The summed E-state index contributed by atoms with van der Waals surface area (Å²) in [6, 6.07) is 32.7. The van der Waals surface area contributed by atoms with E-state index >= 15 is 0 Å². The molecule has 0 unspecified atom stereocenters. The molecule has 6 rings (SSSR count). The van der Waals surface area contributed by atoms with Gasteiger partial charge in [-0.1, -0.05) is 64.0 Å². The van der Waals surface area contributed by atoms with Crippen LogP contribution < -0.4 is 28.7 Å². The average Bonchev–Trinajstić information content (AvgIpc) is 3.11. The van der Waals surface area contributed by atoms with Crippen LogP contribution in [0.15, 0.2) is 119 Å². The van der Waals surface area contributed by atoms with Crippen LogP contribution >= 0.6 is 15.9 Å².